The molecular weight excluding hydrogens is 444 g/mol. The Bertz CT molecular complexity index is 1160. The van der Waals surface area contributed by atoms with E-state index in [1.54, 1.807) is 6.21 Å². The van der Waals surface area contributed by atoms with Crippen LogP contribution in [0, 0.1) is 0 Å². The Morgan fingerprint density at radius 2 is 1.91 bits per heavy atom. The van der Waals surface area contributed by atoms with Crippen molar-refractivity contribution in [1.29, 1.82) is 0 Å². The fourth-order valence-corrected chi connectivity index (χ4v) is 4.04. The fraction of sp³-hybridized carbons (Fsp3) is 0.429. The number of hydrogen-bond acceptors (Lipinski definition) is 12. The first-order valence-corrected chi connectivity index (χ1v) is 10.9. The maximum atomic E-state index is 10.3. The van der Waals surface area contributed by atoms with Crippen LogP contribution in [0.15, 0.2) is 35.7 Å². The van der Waals surface area contributed by atoms with Crippen LogP contribution in [-0.2, 0) is 9.47 Å². The Balaban J connectivity index is 1.31. The van der Waals surface area contributed by atoms with Gasteiger partial charge in [-0.05, 0) is 17.7 Å². The zero-order valence-electron chi connectivity index (χ0n) is 18.2. The summed E-state index contributed by atoms with van der Waals surface area (Å²) in [4.78, 5) is 15.0. The zero-order valence-corrected chi connectivity index (χ0v) is 18.2. The molecule has 6 N–H and O–H groups in total. The topological polar surface area (TPSA) is 176 Å². The monoisotopic (exact) mass is 470 g/mol. The highest BCUT2D eigenvalue weighted by Gasteiger charge is 2.44. The van der Waals surface area contributed by atoms with Crippen molar-refractivity contribution in [2.45, 2.75) is 24.5 Å². The van der Waals surface area contributed by atoms with Gasteiger partial charge < -0.3 is 35.4 Å². The molecule has 1 aromatic carbocycles. The third-order valence-corrected chi connectivity index (χ3v) is 5.89. The van der Waals surface area contributed by atoms with Gasteiger partial charge in [0.05, 0.1) is 32.4 Å². The minimum Gasteiger partial charge on any atom is -0.394 e. The van der Waals surface area contributed by atoms with Gasteiger partial charge >= 0.3 is 0 Å². The summed E-state index contributed by atoms with van der Waals surface area (Å²) in [6, 6.07) is 8.00. The molecule has 13 heteroatoms. The molecule has 2 aromatic heterocycles. The predicted molar refractivity (Wildman–Crippen MR) is 123 cm³/mol. The van der Waals surface area contributed by atoms with Crippen LogP contribution >= 0.6 is 0 Å². The first-order valence-electron chi connectivity index (χ1n) is 10.9. The zero-order chi connectivity index (χ0) is 23.7. The quantitative estimate of drug-likeness (QED) is 0.227. The van der Waals surface area contributed by atoms with Crippen LogP contribution in [0.1, 0.15) is 11.8 Å². The lowest BCUT2D eigenvalue weighted by Crippen LogP contribution is -2.36. The van der Waals surface area contributed by atoms with E-state index in [9.17, 15) is 15.3 Å². The summed E-state index contributed by atoms with van der Waals surface area (Å²) in [7, 11) is 0. The van der Waals surface area contributed by atoms with Crippen LogP contribution < -0.4 is 16.1 Å². The second-order valence-electron chi connectivity index (χ2n) is 8.05. The van der Waals surface area contributed by atoms with Crippen molar-refractivity contribution in [3.05, 3.63) is 36.2 Å². The molecule has 2 fully saturated rings. The Hall–Kier alpha value is -3.36. The molecule has 0 radical (unpaired) electrons. The van der Waals surface area contributed by atoms with Gasteiger partial charge in [-0.25, -0.2) is 10.4 Å². The van der Waals surface area contributed by atoms with Gasteiger partial charge in [0.1, 0.15) is 23.8 Å². The lowest BCUT2D eigenvalue weighted by molar-refractivity contribution is -0.0511. The van der Waals surface area contributed by atoms with Crippen LogP contribution in [0.4, 0.5) is 17.5 Å². The van der Waals surface area contributed by atoms with Crippen LogP contribution in [0.2, 0.25) is 0 Å². The largest absolute Gasteiger partial charge is 0.394 e. The number of aliphatic hydroxyl groups is 3. The lowest BCUT2D eigenvalue weighted by Gasteiger charge is -2.28. The highest BCUT2D eigenvalue weighted by molar-refractivity contribution is 5.83. The van der Waals surface area contributed by atoms with Crippen molar-refractivity contribution >= 4 is 34.8 Å². The molecule has 0 saturated carbocycles. The second-order valence-corrected chi connectivity index (χ2v) is 8.05. The van der Waals surface area contributed by atoms with E-state index in [0.29, 0.717) is 5.52 Å². The molecule has 4 heterocycles. The fourth-order valence-electron chi connectivity index (χ4n) is 4.04. The van der Waals surface area contributed by atoms with E-state index in [2.05, 4.69) is 30.4 Å². The smallest absolute Gasteiger partial charge is 0.247 e. The van der Waals surface area contributed by atoms with Crippen LogP contribution in [0.3, 0.4) is 0 Å². The molecule has 0 bridgehead atoms. The minimum absolute atomic E-state index is 0.114. The number of hydrogen-bond donors (Lipinski definition) is 5. The summed E-state index contributed by atoms with van der Waals surface area (Å²) in [6.07, 6.45) is -1.42. The first-order chi connectivity index (χ1) is 16.5. The van der Waals surface area contributed by atoms with E-state index in [-0.39, 0.29) is 17.4 Å². The van der Waals surface area contributed by atoms with Crippen molar-refractivity contribution in [1.82, 2.24) is 19.5 Å². The molecule has 0 spiro atoms. The molecule has 2 aliphatic heterocycles. The summed E-state index contributed by atoms with van der Waals surface area (Å²) in [5.74, 6) is 0.239. The molecule has 3 aromatic rings. The van der Waals surface area contributed by atoms with Gasteiger partial charge in [0.15, 0.2) is 17.7 Å². The van der Waals surface area contributed by atoms with E-state index < -0.39 is 31.1 Å². The van der Waals surface area contributed by atoms with E-state index in [1.807, 2.05) is 24.3 Å². The number of ether oxygens (including phenoxy) is 2. The van der Waals surface area contributed by atoms with Gasteiger partial charge in [-0.3, -0.25) is 4.57 Å². The van der Waals surface area contributed by atoms with Crippen molar-refractivity contribution in [3.63, 3.8) is 0 Å². The molecule has 5 rings (SSSR count). The van der Waals surface area contributed by atoms with Gasteiger partial charge in [-0.1, -0.05) is 12.1 Å². The molecule has 2 saturated heterocycles. The number of imidazole rings is 1. The highest BCUT2D eigenvalue weighted by Crippen LogP contribution is 2.32. The summed E-state index contributed by atoms with van der Waals surface area (Å²) in [5.41, 5.74) is 11.4. The predicted octanol–water partition coefficient (Wildman–Crippen LogP) is -0.697. The average molecular weight is 470 g/mol. The van der Waals surface area contributed by atoms with Crippen LogP contribution in [0.5, 0.6) is 0 Å². The molecule has 180 valence electrons. The van der Waals surface area contributed by atoms with Gasteiger partial charge in [0, 0.05) is 18.8 Å². The second kappa shape index (κ2) is 9.48. The number of aromatic nitrogens is 4. The molecule has 4 atom stereocenters. The van der Waals surface area contributed by atoms with E-state index >= 15 is 0 Å². The minimum atomic E-state index is -1.28. The van der Waals surface area contributed by atoms with Gasteiger partial charge in [-0.2, -0.15) is 15.1 Å². The molecule has 2 aliphatic rings. The van der Waals surface area contributed by atoms with E-state index in [4.69, 9.17) is 15.2 Å². The summed E-state index contributed by atoms with van der Waals surface area (Å²) in [5, 5.41) is 33.9. The van der Waals surface area contributed by atoms with Crippen molar-refractivity contribution in [2.24, 2.45) is 5.10 Å². The van der Waals surface area contributed by atoms with E-state index in [0.717, 1.165) is 37.6 Å². The highest BCUT2D eigenvalue weighted by atomic mass is 16.6. The van der Waals surface area contributed by atoms with Crippen molar-refractivity contribution in [2.75, 3.05) is 49.0 Å². The number of morpholine rings is 1. The van der Waals surface area contributed by atoms with Crippen LogP contribution in [-0.4, -0.2) is 92.3 Å². The summed E-state index contributed by atoms with van der Waals surface area (Å²) in [6.45, 7) is 2.76. The number of nitrogens with one attached hydrogen (secondary N) is 1. The molecule has 34 heavy (non-hydrogen) atoms. The number of anilines is 3. The third kappa shape index (κ3) is 4.26. The Morgan fingerprint density at radius 3 is 2.62 bits per heavy atom. The number of fused-ring (bicyclic) bond motifs is 1. The molecular formula is C21H26N8O5. The van der Waals surface area contributed by atoms with Gasteiger partial charge in [0.25, 0.3) is 0 Å². The molecule has 1 unspecified atom stereocenters. The number of rotatable bonds is 6. The first kappa shape index (κ1) is 22.4. The lowest BCUT2D eigenvalue weighted by atomic mass is 10.1. The molecule has 0 aliphatic carbocycles. The number of aliphatic hydroxyl groups excluding tert-OH is 3. The normalized spacial score (nSPS) is 25.4. The Labute approximate surface area is 194 Å². The summed E-state index contributed by atoms with van der Waals surface area (Å²) < 4.78 is 12.4. The number of benzene rings is 1. The Morgan fingerprint density at radius 1 is 1.15 bits per heavy atom. The number of hydrazone groups is 1. The molecule has 0 amide bonds. The standard InChI is InChI=1S/C21H26N8O5/c22-18-15-19(29(11-23-15)20-17(32)16(31)14(10-30)34-20)26-21(25-18)27-24-9-12-1-3-13(4-2-12)28-5-7-33-8-6-28/h1-4,9,11,14,16-17,20,30-32H,5-8,10H2,(H3,22,25,26,27)/b24-9+/t14-,16+,17?,20-/m1/s1. The number of nitrogens with two attached hydrogens (primary N) is 1. The number of nitrogens with zero attached hydrogens (tertiary/aromatic N) is 6. The number of nitrogen functional groups attached to an aromatic ring is 1. The van der Waals surface area contributed by atoms with E-state index in [1.165, 1.54) is 10.9 Å². The van der Waals surface area contributed by atoms with Gasteiger partial charge in [0.2, 0.25) is 5.95 Å². The van der Waals surface area contributed by atoms with Crippen molar-refractivity contribution < 1.29 is 24.8 Å². The SMILES string of the molecule is Nc1nc(N/N=C/c2ccc(N3CCOCC3)cc2)nc2c1ncn2[C@@H]1O[C@H](CO)[C@H](O)C1O. The third-order valence-electron chi connectivity index (χ3n) is 5.89. The molecule has 13 nitrogen and oxygen atoms in total. The maximum Gasteiger partial charge on any atom is 0.247 e. The Kier molecular flexibility index (Phi) is 6.26. The maximum absolute atomic E-state index is 10.3. The summed E-state index contributed by atoms with van der Waals surface area (Å²) >= 11 is 0. The average Bonchev–Trinajstić information content (AvgIpc) is 3.41. The van der Waals surface area contributed by atoms with Crippen LogP contribution in [0.25, 0.3) is 11.2 Å². The van der Waals surface area contributed by atoms with Crippen molar-refractivity contribution in [3.8, 4) is 0 Å². The van der Waals surface area contributed by atoms with Gasteiger partial charge in [-0.15, -0.1) is 0 Å².